The van der Waals surface area contributed by atoms with Gasteiger partial charge in [0.25, 0.3) is 5.91 Å². The summed E-state index contributed by atoms with van der Waals surface area (Å²) >= 11 is 0. The number of hydrogen-bond acceptors (Lipinski definition) is 4. The fourth-order valence-electron chi connectivity index (χ4n) is 2.76. The number of amides is 2. The molecule has 1 heterocycles. The van der Waals surface area contributed by atoms with E-state index in [9.17, 15) is 9.59 Å². The molecule has 1 saturated heterocycles. The maximum absolute atomic E-state index is 12.3. The number of benzene rings is 1. The standard InChI is InChI=1S/C19H29N3O3/c1-19(2,3)25-18(24)22-12-10-21(11-13-22)14-15-8-6-7-9-16(15)17(23)20(4)5/h6-9H,10-14H2,1-5H3. The first-order valence-corrected chi connectivity index (χ1v) is 8.67. The van der Waals surface area contributed by atoms with E-state index < -0.39 is 5.60 Å². The van der Waals surface area contributed by atoms with E-state index in [1.807, 2.05) is 45.0 Å². The van der Waals surface area contributed by atoms with E-state index in [1.54, 1.807) is 23.9 Å². The molecule has 0 unspecified atom stereocenters. The largest absolute Gasteiger partial charge is 0.444 e. The smallest absolute Gasteiger partial charge is 0.410 e. The van der Waals surface area contributed by atoms with Gasteiger partial charge in [-0.25, -0.2) is 4.79 Å². The summed E-state index contributed by atoms with van der Waals surface area (Å²) in [6, 6.07) is 7.71. The van der Waals surface area contributed by atoms with Crippen molar-refractivity contribution in [2.75, 3.05) is 40.3 Å². The number of nitrogens with zero attached hydrogens (tertiary/aromatic N) is 3. The lowest BCUT2D eigenvalue weighted by Gasteiger charge is -2.35. The van der Waals surface area contributed by atoms with E-state index in [1.165, 1.54) is 0 Å². The molecule has 0 atom stereocenters. The molecule has 2 rings (SSSR count). The number of carbonyl (C=O) groups excluding carboxylic acids is 2. The Labute approximate surface area is 150 Å². The number of piperazine rings is 1. The van der Waals surface area contributed by atoms with Crippen molar-refractivity contribution in [3.05, 3.63) is 35.4 Å². The van der Waals surface area contributed by atoms with Crippen LogP contribution in [0.2, 0.25) is 0 Å². The van der Waals surface area contributed by atoms with E-state index >= 15 is 0 Å². The second-order valence-corrected chi connectivity index (χ2v) is 7.60. The van der Waals surface area contributed by atoms with E-state index in [0.29, 0.717) is 19.6 Å². The van der Waals surface area contributed by atoms with Crippen molar-refractivity contribution in [1.82, 2.24) is 14.7 Å². The highest BCUT2D eigenvalue weighted by molar-refractivity contribution is 5.95. The highest BCUT2D eigenvalue weighted by Gasteiger charge is 2.26. The van der Waals surface area contributed by atoms with Crippen LogP contribution in [0.25, 0.3) is 0 Å². The average Bonchev–Trinajstić information content (AvgIpc) is 2.53. The lowest BCUT2D eigenvalue weighted by atomic mass is 10.1. The molecule has 1 aliphatic rings. The molecule has 1 aliphatic heterocycles. The van der Waals surface area contributed by atoms with Gasteiger partial charge in [-0.1, -0.05) is 18.2 Å². The molecule has 25 heavy (non-hydrogen) atoms. The molecule has 6 nitrogen and oxygen atoms in total. The number of ether oxygens (including phenoxy) is 1. The zero-order valence-corrected chi connectivity index (χ0v) is 15.9. The summed E-state index contributed by atoms with van der Waals surface area (Å²) in [6.07, 6.45) is -0.254. The molecule has 138 valence electrons. The molecule has 1 aromatic rings. The van der Waals surface area contributed by atoms with Crippen LogP contribution in [0.1, 0.15) is 36.7 Å². The Bertz CT molecular complexity index is 615. The number of hydrogen-bond donors (Lipinski definition) is 0. The molecule has 1 aromatic carbocycles. The van der Waals surface area contributed by atoms with Gasteiger partial charge in [-0.2, -0.15) is 0 Å². The third kappa shape index (κ3) is 5.46. The van der Waals surface area contributed by atoms with Gasteiger partial charge < -0.3 is 14.5 Å². The zero-order chi connectivity index (χ0) is 18.6. The molecule has 0 spiro atoms. The molecule has 1 fully saturated rings. The Morgan fingerprint density at radius 3 is 2.24 bits per heavy atom. The fourth-order valence-corrected chi connectivity index (χ4v) is 2.76. The summed E-state index contributed by atoms with van der Waals surface area (Å²) in [5.41, 5.74) is 1.29. The van der Waals surface area contributed by atoms with Gasteiger partial charge in [0.05, 0.1) is 0 Å². The molecule has 2 amide bonds. The SMILES string of the molecule is CN(C)C(=O)c1ccccc1CN1CCN(C(=O)OC(C)(C)C)CC1. The zero-order valence-electron chi connectivity index (χ0n) is 15.9. The summed E-state index contributed by atoms with van der Waals surface area (Å²) in [5, 5.41) is 0. The van der Waals surface area contributed by atoms with Crippen molar-refractivity contribution in [3.8, 4) is 0 Å². The summed E-state index contributed by atoms with van der Waals surface area (Å²) < 4.78 is 5.43. The van der Waals surface area contributed by atoms with Crippen molar-refractivity contribution in [1.29, 1.82) is 0 Å². The number of carbonyl (C=O) groups is 2. The predicted octanol–water partition coefficient (Wildman–Crippen LogP) is 2.44. The van der Waals surface area contributed by atoms with Gasteiger partial charge in [-0.05, 0) is 32.4 Å². The first kappa shape index (κ1) is 19.2. The van der Waals surface area contributed by atoms with Crippen LogP contribution in [-0.2, 0) is 11.3 Å². The lowest BCUT2D eigenvalue weighted by Crippen LogP contribution is -2.49. The first-order chi connectivity index (χ1) is 11.7. The fraction of sp³-hybridized carbons (Fsp3) is 0.579. The minimum atomic E-state index is -0.473. The van der Waals surface area contributed by atoms with Crippen molar-refractivity contribution in [3.63, 3.8) is 0 Å². The molecule has 0 radical (unpaired) electrons. The topological polar surface area (TPSA) is 53.1 Å². The molecule has 0 aromatic heterocycles. The highest BCUT2D eigenvalue weighted by atomic mass is 16.6. The monoisotopic (exact) mass is 347 g/mol. The van der Waals surface area contributed by atoms with Crippen LogP contribution in [0.15, 0.2) is 24.3 Å². The van der Waals surface area contributed by atoms with Crippen molar-refractivity contribution < 1.29 is 14.3 Å². The molecule has 6 heteroatoms. The number of rotatable bonds is 3. The van der Waals surface area contributed by atoms with E-state index in [4.69, 9.17) is 4.74 Å². The summed E-state index contributed by atoms with van der Waals surface area (Å²) in [4.78, 5) is 30.1. The van der Waals surface area contributed by atoms with Crippen LogP contribution in [0.4, 0.5) is 4.79 Å². The highest BCUT2D eigenvalue weighted by Crippen LogP contribution is 2.16. The summed E-state index contributed by atoms with van der Waals surface area (Å²) in [6.45, 7) is 9.14. The second-order valence-electron chi connectivity index (χ2n) is 7.60. The Morgan fingerprint density at radius 1 is 1.08 bits per heavy atom. The van der Waals surface area contributed by atoms with Crippen LogP contribution < -0.4 is 0 Å². The van der Waals surface area contributed by atoms with E-state index in [0.717, 1.165) is 24.2 Å². The molecule has 0 bridgehead atoms. The van der Waals surface area contributed by atoms with Crippen molar-refractivity contribution in [2.24, 2.45) is 0 Å². The third-order valence-corrected chi connectivity index (χ3v) is 4.07. The van der Waals surface area contributed by atoms with Gasteiger partial charge in [0.15, 0.2) is 0 Å². The van der Waals surface area contributed by atoms with Gasteiger partial charge in [0, 0.05) is 52.4 Å². The van der Waals surface area contributed by atoms with Gasteiger partial charge in [-0.15, -0.1) is 0 Å². The quantitative estimate of drug-likeness (QED) is 0.843. The van der Waals surface area contributed by atoms with E-state index in [-0.39, 0.29) is 12.0 Å². The maximum Gasteiger partial charge on any atom is 0.410 e. The van der Waals surface area contributed by atoms with Crippen LogP contribution in [0.3, 0.4) is 0 Å². The minimum absolute atomic E-state index is 0.0167. The van der Waals surface area contributed by atoms with Gasteiger partial charge in [-0.3, -0.25) is 9.69 Å². The normalized spacial score (nSPS) is 15.8. The molecule has 0 saturated carbocycles. The Hall–Kier alpha value is -2.08. The van der Waals surface area contributed by atoms with E-state index in [2.05, 4.69) is 4.90 Å². The van der Waals surface area contributed by atoms with Gasteiger partial charge >= 0.3 is 6.09 Å². The lowest BCUT2D eigenvalue weighted by molar-refractivity contribution is 0.0139. The average molecular weight is 347 g/mol. The Kier molecular flexibility index (Phi) is 6.06. The van der Waals surface area contributed by atoms with Gasteiger partial charge in [0.2, 0.25) is 0 Å². The van der Waals surface area contributed by atoms with Crippen LogP contribution in [0.5, 0.6) is 0 Å². The van der Waals surface area contributed by atoms with Gasteiger partial charge in [0.1, 0.15) is 5.60 Å². The minimum Gasteiger partial charge on any atom is -0.444 e. The van der Waals surface area contributed by atoms with Crippen molar-refractivity contribution in [2.45, 2.75) is 32.9 Å². The van der Waals surface area contributed by atoms with Crippen molar-refractivity contribution >= 4 is 12.0 Å². The Balaban J connectivity index is 1.95. The van der Waals surface area contributed by atoms with Crippen LogP contribution in [0, 0.1) is 0 Å². The Morgan fingerprint density at radius 2 is 1.68 bits per heavy atom. The molecule has 0 N–H and O–H groups in total. The predicted molar refractivity (Wildman–Crippen MR) is 97.5 cm³/mol. The third-order valence-electron chi connectivity index (χ3n) is 4.07. The summed E-state index contributed by atoms with van der Waals surface area (Å²) in [5.74, 6) is 0.0167. The second kappa shape index (κ2) is 7.87. The summed E-state index contributed by atoms with van der Waals surface area (Å²) in [7, 11) is 3.53. The maximum atomic E-state index is 12.3. The molecule has 0 aliphatic carbocycles. The van der Waals surface area contributed by atoms with Crippen LogP contribution in [-0.4, -0.2) is 72.6 Å². The first-order valence-electron chi connectivity index (χ1n) is 8.67. The van der Waals surface area contributed by atoms with Crippen LogP contribution >= 0.6 is 0 Å². The molecular formula is C19H29N3O3. The molecular weight excluding hydrogens is 318 g/mol.